The Bertz CT molecular complexity index is 453. The molecule has 1 rings (SSSR count). The van der Waals surface area contributed by atoms with Gasteiger partial charge in [0.1, 0.15) is 11.5 Å². The maximum absolute atomic E-state index is 10.9. The molecule has 1 atom stereocenters. The summed E-state index contributed by atoms with van der Waals surface area (Å²) in [6.07, 6.45) is -0.497. The topological polar surface area (TPSA) is 72.8 Å². The van der Waals surface area contributed by atoms with Crippen molar-refractivity contribution >= 4 is 11.9 Å². The number of aryl methyl sites for hydroxylation is 1. The Morgan fingerprint density at radius 2 is 2.06 bits per heavy atom. The van der Waals surface area contributed by atoms with Crippen LogP contribution in [0.2, 0.25) is 0 Å². The molecule has 1 unspecified atom stereocenters. The molecule has 0 aliphatic heterocycles. The highest BCUT2D eigenvalue weighted by atomic mass is 16.5. The minimum Gasteiger partial charge on any atom is -0.479 e. The summed E-state index contributed by atoms with van der Waals surface area (Å²) in [7, 11) is 0. The third kappa shape index (κ3) is 3.76. The van der Waals surface area contributed by atoms with Gasteiger partial charge in [-0.2, -0.15) is 0 Å². The van der Waals surface area contributed by atoms with E-state index >= 15 is 0 Å². The summed E-state index contributed by atoms with van der Waals surface area (Å²) in [6.45, 7) is 4.82. The van der Waals surface area contributed by atoms with Crippen LogP contribution in [0.3, 0.4) is 0 Å². The molecule has 1 aromatic rings. The van der Waals surface area contributed by atoms with Crippen molar-refractivity contribution in [2.24, 2.45) is 0 Å². The van der Waals surface area contributed by atoms with E-state index in [1.165, 1.54) is 6.92 Å². The van der Waals surface area contributed by atoms with Crippen LogP contribution in [0.25, 0.3) is 0 Å². The zero-order chi connectivity index (χ0) is 13.7. The summed E-state index contributed by atoms with van der Waals surface area (Å²) < 4.78 is 10.3. The average Bonchev–Trinajstić information content (AvgIpc) is 2.26. The van der Waals surface area contributed by atoms with Gasteiger partial charge in [0.2, 0.25) is 0 Å². The van der Waals surface area contributed by atoms with Crippen molar-refractivity contribution in [2.75, 3.05) is 0 Å². The first-order chi connectivity index (χ1) is 8.43. The van der Waals surface area contributed by atoms with E-state index in [9.17, 15) is 9.59 Å². The number of carbonyl (C=O) groups excluding carboxylic acids is 1. The van der Waals surface area contributed by atoms with Crippen molar-refractivity contribution in [3.8, 4) is 11.5 Å². The van der Waals surface area contributed by atoms with Crippen LogP contribution in [0.4, 0.5) is 0 Å². The number of hydrogen-bond acceptors (Lipinski definition) is 4. The lowest BCUT2D eigenvalue weighted by atomic mass is 10.2. The largest absolute Gasteiger partial charge is 0.479 e. The van der Waals surface area contributed by atoms with Gasteiger partial charge < -0.3 is 14.6 Å². The van der Waals surface area contributed by atoms with Gasteiger partial charge in [0.25, 0.3) is 0 Å². The Morgan fingerprint density at radius 3 is 2.50 bits per heavy atom. The molecule has 0 aromatic heterocycles. The van der Waals surface area contributed by atoms with Crippen LogP contribution in [-0.2, 0) is 9.59 Å². The molecule has 98 valence electrons. The van der Waals surface area contributed by atoms with E-state index in [0.717, 1.165) is 0 Å². The summed E-state index contributed by atoms with van der Waals surface area (Å²) in [5, 5.41) is 8.90. The Hall–Kier alpha value is -2.04. The molecule has 0 amide bonds. The minimum absolute atomic E-state index is 0.375. The van der Waals surface area contributed by atoms with Crippen LogP contribution in [0, 0.1) is 6.92 Å². The van der Waals surface area contributed by atoms with E-state index in [2.05, 4.69) is 0 Å². The first-order valence-electron chi connectivity index (χ1n) is 5.62. The smallest absolute Gasteiger partial charge is 0.344 e. The fraction of sp³-hybridized carbons (Fsp3) is 0.385. The first-order valence-corrected chi connectivity index (χ1v) is 5.62. The predicted octanol–water partition coefficient (Wildman–Crippen LogP) is 2.16. The number of carboxylic acid groups (broad SMARTS) is 1. The number of carboxylic acids is 1. The summed E-state index contributed by atoms with van der Waals surface area (Å²) in [4.78, 5) is 21.7. The molecule has 5 nitrogen and oxygen atoms in total. The molecule has 0 spiro atoms. The van der Waals surface area contributed by atoms with Gasteiger partial charge in [0, 0.05) is 6.92 Å². The lowest BCUT2D eigenvalue weighted by molar-refractivity contribution is -0.145. The fourth-order valence-corrected chi connectivity index (χ4v) is 1.45. The van der Waals surface area contributed by atoms with Crippen LogP contribution < -0.4 is 9.47 Å². The third-order valence-electron chi connectivity index (χ3n) is 2.32. The lowest BCUT2D eigenvalue weighted by Gasteiger charge is -2.15. The number of aliphatic carboxylic acids is 1. The fourth-order valence-electron chi connectivity index (χ4n) is 1.45. The molecule has 0 heterocycles. The molecule has 5 heteroatoms. The number of benzene rings is 1. The maximum atomic E-state index is 10.9. The molecule has 0 fully saturated rings. The Kier molecular flexibility index (Phi) is 4.71. The molecule has 0 aliphatic carbocycles. The number of carbonyl (C=O) groups is 2. The summed E-state index contributed by atoms with van der Waals surface area (Å²) in [6, 6.07) is 4.79. The Morgan fingerprint density at radius 1 is 1.39 bits per heavy atom. The van der Waals surface area contributed by atoms with Crippen molar-refractivity contribution in [3.05, 3.63) is 23.8 Å². The summed E-state index contributed by atoms with van der Waals surface area (Å²) in [5.74, 6) is -0.517. The predicted molar refractivity (Wildman–Crippen MR) is 64.8 cm³/mol. The second-order valence-electron chi connectivity index (χ2n) is 3.87. The Labute approximate surface area is 105 Å². The van der Waals surface area contributed by atoms with Crippen LogP contribution in [0.5, 0.6) is 11.5 Å². The molecule has 1 N–H and O–H groups in total. The van der Waals surface area contributed by atoms with E-state index < -0.39 is 18.0 Å². The van der Waals surface area contributed by atoms with Crippen molar-refractivity contribution in [2.45, 2.75) is 33.3 Å². The SMILES string of the molecule is CCC(Oc1ccc(OC(C)=O)cc1C)C(=O)O. The van der Waals surface area contributed by atoms with Gasteiger partial charge in [0.15, 0.2) is 6.10 Å². The van der Waals surface area contributed by atoms with E-state index in [-0.39, 0.29) is 0 Å². The van der Waals surface area contributed by atoms with Gasteiger partial charge in [-0.1, -0.05) is 6.92 Å². The quantitative estimate of drug-likeness (QED) is 0.642. The second kappa shape index (κ2) is 6.05. The van der Waals surface area contributed by atoms with Crippen LogP contribution in [0.15, 0.2) is 18.2 Å². The van der Waals surface area contributed by atoms with Gasteiger partial charge >= 0.3 is 11.9 Å². The zero-order valence-corrected chi connectivity index (χ0v) is 10.6. The van der Waals surface area contributed by atoms with Crippen LogP contribution in [0.1, 0.15) is 25.8 Å². The molecule has 0 radical (unpaired) electrons. The van der Waals surface area contributed by atoms with Crippen molar-refractivity contribution in [1.29, 1.82) is 0 Å². The second-order valence-corrected chi connectivity index (χ2v) is 3.87. The maximum Gasteiger partial charge on any atom is 0.344 e. The van der Waals surface area contributed by atoms with Crippen molar-refractivity contribution < 1.29 is 24.2 Å². The normalized spacial score (nSPS) is 11.7. The molecule has 0 bridgehead atoms. The number of hydrogen-bond donors (Lipinski definition) is 1. The standard InChI is InChI=1S/C13H16O5/c1-4-11(13(15)16)18-12-6-5-10(7-8(12)2)17-9(3)14/h5-7,11H,4H2,1-3H3,(H,15,16). The van der Waals surface area contributed by atoms with Crippen LogP contribution in [-0.4, -0.2) is 23.1 Å². The minimum atomic E-state index is -0.999. The van der Waals surface area contributed by atoms with Gasteiger partial charge in [-0.3, -0.25) is 4.79 Å². The van der Waals surface area contributed by atoms with E-state index in [4.69, 9.17) is 14.6 Å². The molecule has 18 heavy (non-hydrogen) atoms. The van der Waals surface area contributed by atoms with Crippen LogP contribution >= 0.6 is 0 Å². The highest BCUT2D eigenvalue weighted by Crippen LogP contribution is 2.25. The summed E-state index contributed by atoms with van der Waals surface area (Å²) >= 11 is 0. The van der Waals surface area contributed by atoms with E-state index in [0.29, 0.717) is 23.5 Å². The van der Waals surface area contributed by atoms with Crippen molar-refractivity contribution in [1.82, 2.24) is 0 Å². The molecular formula is C13H16O5. The first kappa shape index (κ1) is 14.0. The van der Waals surface area contributed by atoms with Crippen molar-refractivity contribution in [3.63, 3.8) is 0 Å². The van der Waals surface area contributed by atoms with Gasteiger partial charge in [-0.25, -0.2) is 4.79 Å². The van der Waals surface area contributed by atoms with E-state index in [1.807, 2.05) is 0 Å². The third-order valence-corrected chi connectivity index (χ3v) is 2.32. The molecule has 0 saturated heterocycles. The highest BCUT2D eigenvalue weighted by molar-refractivity contribution is 5.73. The molecule has 1 aromatic carbocycles. The molecular weight excluding hydrogens is 236 g/mol. The average molecular weight is 252 g/mol. The Balaban J connectivity index is 2.85. The number of ether oxygens (including phenoxy) is 2. The zero-order valence-electron chi connectivity index (χ0n) is 10.6. The number of esters is 1. The van der Waals surface area contributed by atoms with Gasteiger partial charge in [-0.05, 0) is 37.1 Å². The monoisotopic (exact) mass is 252 g/mol. The number of rotatable bonds is 5. The van der Waals surface area contributed by atoms with E-state index in [1.54, 1.807) is 32.0 Å². The lowest BCUT2D eigenvalue weighted by Crippen LogP contribution is -2.26. The molecule has 0 saturated carbocycles. The summed E-state index contributed by atoms with van der Waals surface area (Å²) in [5.41, 5.74) is 0.716. The highest BCUT2D eigenvalue weighted by Gasteiger charge is 2.17. The van der Waals surface area contributed by atoms with Gasteiger partial charge in [0.05, 0.1) is 0 Å². The molecule has 0 aliphatic rings. The van der Waals surface area contributed by atoms with Gasteiger partial charge in [-0.15, -0.1) is 0 Å².